The maximum Gasteiger partial charge on any atom is 0.356 e. The fraction of sp³-hybridized carbons (Fsp3) is 0.344. The van der Waals surface area contributed by atoms with Gasteiger partial charge >= 0.3 is 5.69 Å². The molecule has 1 fully saturated rings. The van der Waals surface area contributed by atoms with Gasteiger partial charge in [-0.25, -0.2) is 27.5 Å². The fourth-order valence-corrected chi connectivity index (χ4v) is 5.95. The molecule has 13 heteroatoms. The van der Waals surface area contributed by atoms with Crippen molar-refractivity contribution in [2.45, 2.75) is 45.7 Å². The van der Waals surface area contributed by atoms with Crippen LogP contribution >= 0.6 is 0 Å². The normalized spacial score (nSPS) is 18.0. The van der Waals surface area contributed by atoms with E-state index >= 15 is 13.2 Å². The van der Waals surface area contributed by atoms with Crippen LogP contribution < -0.4 is 20.1 Å². The van der Waals surface area contributed by atoms with Crippen molar-refractivity contribution >= 4 is 22.8 Å². The molecule has 1 aromatic carbocycles. The second kappa shape index (κ2) is 11.5. The van der Waals surface area contributed by atoms with E-state index in [2.05, 4.69) is 21.5 Å². The van der Waals surface area contributed by atoms with Gasteiger partial charge in [-0.2, -0.15) is 4.98 Å². The average molecular weight is 621 g/mol. The summed E-state index contributed by atoms with van der Waals surface area (Å²) in [6, 6.07) is 3.78. The van der Waals surface area contributed by atoms with E-state index in [0.29, 0.717) is 12.2 Å². The Morgan fingerprint density at radius 3 is 2.49 bits per heavy atom. The molecule has 2 aliphatic heterocycles. The van der Waals surface area contributed by atoms with Crippen LogP contribution in [0.25, 0.3) is 28.0 Å². The van der Waals surface area contributed by atoms with Crippen LogP contribution in [0, 0.1) is 17.5 Å². The minimum atomic E-state index is -0.977. The lowest BCUT2D eigenvalue weighted by atomic mass is 10.0. The van der Waals surface area contributed by atoms with Crippen LogP contribution in [0.5, 0.6) is 11.5 Å². The van der Waals surface area contributed by atoms with Crippen LogP contribution in [0.15, 0.2) is 47.9 Å². The van der Waals surface area contributed by atoms with E-state index in [-0.39, 0.29) is 72.0 Å². The van der Waals surface area contributed by atoms with Gasteiger partial charge in [0.05, 0.1) is 16.6 Å². The quantitative estimate of drug-likeness (QED) is 0.302. The third-order valence-corrected chi connectivity index (χ3v) is 8.09. The number of carbonyl (C=O) groups excluding carboxylic acids is 1. The van der Waals surface area contributed by atoms with Crippen molar-refractivity contribution in [2.24, 2.45) is 0 Å². The SMILES string of the molecule is C=CC(=O)N1C[C@H](C)N(c2nc(=O)n3c4nc(c(F)cc24)-c2c(F)ccc(F)c2OCCOc2ccnc(C(C)C)c2-3)C[C@H]1C. The monoisotopic (exact) mass is 620 g/mol. The maximum absolute atomic E-state index is 16.2. The van der Waals surface area contributed by atoms with Gasteiger partial charge in [0.1, 0.15) is 42.0 Å². The molecule has 0 unspecified atom stereocenters. The molecule has 0 radical (unpaired) electrons. The van der Waals surface area contributed by atoms with Crippen LogP contribution in [-0.4, -0.2) is 68.7 Å². The Bertz CT molecular complexity index is 1910. The minimum absolute atomic E-state index is 0.0687. The highest BCUT2D eigenvalue weighted by Crippen LogP contribution is 2.40. The number of hydrogen-bond acceptors (Lipinski definition) is 8. The number of carbonyl (C=O) groups is 1. The first-order chi connectivity index (χ1) is 21.5. The van der Waals surface area contributed by atoms with E-state index < -0.39 is 40.1 Å². The Balaban J connectivity index is 1.70. The molecule has 2 bridgehead atoms. The van der Waals surface area contributed by atoms with E-state index in [1.54, 1.807) is 11.0 Å². The summed E-state index contributed by atoms with van der Waals surface area (Å²) in [6.45, 7) is 11.3. The number of piperazine rings is 1. The smallest absolute Gasteiger partial charge is 0.356 e. The van der Waals surface area contributed by atoms with E-state index in [0.717, 1.165) is 18.2 Å². The van der Waals surface area contributed by atoms with Gasteiger partial charge in [-0.3, -0.25) is 9.78 Å². The number of anilines is 1. The second-order valence-corrected chi connectivity index (χ2v) is 11.4. The van der Waals surface area contributed by atoms with Crippen LogP contribution in [0.4, 0.5) is 19.0 Å². The molecular weight excluding hydrogens is 589 g/mol. The van der Waals surface area contributed by atoms with Crippen molar-refractivity contribution in [3.63, 3.8) is 0 Å². The standard InChI is InChI=1S/C32H31F3N6O4/c1-6-24(42)39-14-18(5)40(15-17(39)4)30-19-13-22(35)27-25-20(33)7-8-21(34)29(25)45-12-11-44-23-9-10-36-26(16(2)3)28(23)41(31(19)37-27)32(43)38-30/h6-10,13,16-18H,1,11-12,14-15H2,2-5H3/t17-,18+/m1/s1. The van der Waals surface area contributed by atoms with Crippen molar-refractivity contribution in [1.29, 1.82) is 0 Å². The number of fused-ring (bicyclic) bond motifs is 5. The van der Waals surface area contributed by atoms with Gasteiger partial charge in [-0.05, 0) is 44.0 Å². The number of nitrogens with zero attached hydrogens (tertiary/aromatic N) is 6. The molecule has 2 atom stereocenters. The zero-order valence-electron chi connectivity index (χ0n) is 25.2. The summed E-state index contributed by atoms with van der Waals surface area (Å²) in [7, 11) is 0. The van der Waals surface area contributed by atoms with Crippen molar-refractivity contribution in [3.05, 3.63) is 76.7 Å². The summed E-state index contributed by atoms with van der Waals surface area (Å²) < 4.78 is 59.4. The molecular formula is C32H31F3N6O4. The van der Waals surface area contributed by atoms with Crippen molar-refractivity contribution in [3.8, 4) is 28.4 Å². The lowest BCUT2D eigenvalue weighted by Gasteiger charge is -2.44. The van der Waals surface area contributed by atoms with Gasteiger partial charge in [0, 0.05) is 37.4 Å². The lowest BCUT2D eigenvalue weighted by Crippen LogP contribution is -2.58. The average Bonchev–Trinajstić information content (AvgIpc) is 3.00. The van der Waals surface area contributed by atoms with Crippen LogP contribution in [0.2, 0.25) is 0 Å². The summed E-state index contributed by atoms with van der Waals surface area (Å²) in [5.74, 6) is -3.43. The Morgan fingerprint density at radius 1 is 1.02 bits per heavy atom. The highest BCUT2D eigenvalue weighted by Gasteiger charge is 2.35. The molecule has 10 nitrogen and oxygen atoms in total. The van der Waals surface area contributed by atoms with Gasteiger partial charge in [-0.15, -0.1) is 0 Å². The summed E-state index contributed by atoms with van der Waals surface area (Å²) in [4.78, 5) is 43.6. The molecule has 45 heavy (non-hydrogen) atoms. The molecule has 234 valence electrons. The number of aromatic nitrogens is 4. The Morgan fingerprint density at radius 2 is 1.76 bits per heavy atom. The molecule has 4 aromatic rings. The first-order valence-corrected chi connectivity index (χ1v) is 14.6. The number of ether oxygens (including phenoxy) is 2. The predicted octanol–water partition coefficient (Wildman–Crippen LogP) is 4.77. The number of rotatable bonds is 3. The fourth-order valence-electron chi connectivity index (χ4n) is 5.95. The molecule has 0 spiro atoms. The van der Waals surface area contributed by atoms with Gasteiger partial charge in [-0.1, -0.05) is 20.4 Å². The summed E-state index contributed by atoms with van der Waals surface area (Å²) in [6.07, 6.45) is 2.78. The second-order valence-electron chi connectivity index (χ2n) is 11.4. The largest absolute Gasteiger partial charge is 0.488 e. The van der Waals surface area contributed by atoms with Crippen molar-refractivity contribution < 1.29 is 27.4 Å². The number of hydrogen-bond donors (Lipinski definition) is 0. The summed E-state index contributed by atoms with van der Waals surface area (Å²) in [5, 5.41) is 0.138. The number of benzene rings is 1. The molecule has 6 rings (SSSR count). The van der Waals surface area contributed by atoms with E-state index in [1.807, 2.05) is 32.6 Å². The van der Waals surface area contributed by atoms with Gasteiger partial charge < -0.3 is 19.3 Å². The van der Waals surface area contributed by atoms with Crippen LogP contribution in [0.1, 0.15) is 39.3 Å². The molecule has 3 aromatic heterocycles. The minimum Gasteiger partial charge on any atom is -0.488 e. The van der Waals surface area contributed by atoms with Crippen molar-refractivity contribution in [1.82, 2.24) is 24.4 Å². The predicted molar refractivity (Wildman–Crippen MR) is 161 cm³/mol. The van der Waals surface area contributed by atoms with Crippen LogP contribution in [0.3, 0.4) is 0 Å². The Labute approximate surface area is 256 Å². The van der Waals surface area contributed by atoms with E-state index in [9.17, 15) is 9.59 Å². The first-order valence-electron chi connectivity index (χ1n) is 14.6. The van der Waals surface area contributed by atoms with E-state index in [1.165, 1.54) is 16.8 Å². The number of halogens is 3. The number of pyridine rings is 2. The first kappa shape index (κ1) is 30.1. The molecule has 5 heterocycles. The van der Waals surface area contributed by atoms with Crippen LogP contribution in [-0.2, 0) is 4.79 Å². The maximum atomic E-state index is 16.2. The summed E-state index contributed by atoms with van der Waals surface area (Å²) >= 11 is 0. The topological polar surface area (TPSA) is 103 Å². The Kier molecular flexibility index (Phi) is 7.71. The van der Waals surface area contributed by atoms with Crippen molar-refractivity contribution in [2.75, 3.05) is 31.2 Å². The molecule has 1 amide bonds. The highest BCUT2D eigenvalue weighted by molar-refractivity contribution is 5.92. The third-order valence-electron chi connectivity index (χ3n) is 8.09. The van der Waals surface area contributed by atoms with Gasteiger partial charge in [0.25, 0.3) is 0 Å². The molecule has 0 saturated carbocycles. The molecule has 2 aliphatic rings. The number of amides is 1. The zero-order valence-corrected chi connectivity index (χ0v) is 25.2. The Hall–Kier alpha value is -4.94. The highest BCUT2D eigenvalue weighted by atomic mass is 19.1. The molecule has 0 aliphatic carbocycles. The summed E-state index contributed by atoms with van der Waals surface area (Å²) in [5.41, 5.74) is -1.18. The van der Waals surface area contributed by atoms with Gasteiger partial charge in [0.15, 0.2) is 23.0 Å². The zero-order chi connectivity index (χ0) is 32.2. The molecule has 0 N–H and O–H groups in total. The third kappa shape index (κ3) is 5.05. The lowest BCUT2D eigenvalue weighted by molar-refractivity contribution is -0.128. The molecule has 1 saturated heterocycles. The van der Waals surface area contributed by atoms with Gasteiger partial charge in [0.2, 0.25) is 5.91 Å². The van der Waals surface area contributed by atoms with E-state index in [4.69, 9.17) is 9.47 Å².